The van der Waals surface area contributed by atoms with Gasteiger partial charge >= 0.3 is 12.1 Å². The van der Waals surface area contributed by atoms with E-state index in [1.165, 1.54) is 11.8 Å². The molecule has 1 rings (SSSR count). The number of likely N-dealkylation sites (tertiary alicyclic amines) is 1. The average molecular weight is 253 g/mol. The van der Waals surface area contributed by atoms with Crippen molar-refractivity contribution in [2.75, 3.05) is 13.1 Å². The summed E-state index contributed by atoms with van der Waals surface area (Å²) in [4.78, 5) is 23.1. The molecular weight excluding hydrogens is 239 g/mol. The van der Waals surface area contributed by atoms with E-state index < -0.39 is 30.4 Å². The van der Waals surface area contributed by atoms with E-state index in [9.17, 15) is 22.8 Å². The van der Waals surface area contributed by atoms with Gasteiger partial charge in [-0.3, -0.25) is 9.59 Å². The number of carbonyl (C=O) groups excluding carboxylic acids is 1. The summed E-state index contributed by atoms with van der Waals surface area (Å²) in [5.41, 5.74) is 0. The first-order valence-corrected chi connectivity index (χ1v) is 5.24. The van der Waals surface area contributed by atoms with Crippen LogP contribution in [0.3, 0.4) is 0 Å². The number of alkyl halides is 3. The summed E-state index contributed by atoms with van der Waals surface area (Å²) >= 11 is 0. The minimum atomic E-state index is -4.33. The van der Waals surface area contributed by atoms with Crippen LogP contribution >= 0.6 is 0 Å². The molecule has 0 spiro atoms. The molecule has 0 radical (unpaired) electrons. The second kappa shape index (κ2) is 4.93. The number of rotatable bonds is 2. The highest BCUT2D eigenvalue weighted by molar-refractivity contribution is 5.76. The molecule has 0 aromatic carbocycles. The number of carboxylic acids is 1. The van der Waals surface area contributed by atoms with E-state index in [1.54, 1.807) is 0 Å². The highest BCUT2D eigenvalue weighted by Gasteiger charge is 2.39. The number of piperidine rings is 1. The molecular formula is C10H14F3NO3. The third-order valence-electron chi connectivity index (χ3n) is 2.85. The van der Waals surface area contributed by atoms with Gasteiger partial charge in [-0.25, -0.2) is 0 Å². The second-order valence-electron chi connectivity index (χ2n) is 4.38. The van der Waals surface area contributed by atoms with Gasteiger partial charge in [0.25, 0.3) is 0 Å². The van der Waals surface area contributed by atoms with E-state index in [0.717, 1.165) is 0 Å². The maximum atomic E-state index is 12.2. The fraction of sp³-hybridized carbons (Fsp3) is 0.800. The van der Waals surface area contributed by atoms with Crippen molar-refractivity contribution in [3.05, 3.63) is 0 Å². The van der Waals surface area contributed by atoms with Crippen molar-refractivity contribution in [3.8, 4) is 0 Å². The summed E-state index contributed by atoms with van der Waals surface area (Å²) in [7, 11) is 0. The fourth-order valence-electron chi connectivity index (χ4n) is 2.11. The number of amides is 1. The van der Waals surface area contributed by atoms with Crippen LogP contribution < -0.4 is 0 Å². The Balaban J connectivity index is 2.72. The first-order chi connectivity index (χ1) is 7.69. The lowest BCUT2D eigenvalue weighted by Crippen LogP contribution is -2.46. The van der Waals surface area contributed by atoms with Crippen molar-refractivity contribution in [2.24, 2.45) is 11.8 Å². The molecule has 0 aromatic rings. The lowest BCUT2D eigenvalue weighted by molar-refractivity contribution is -0.160. The van der Waals surface area contributed by atoms with Crippen LogP contribution in [-0.2, 0) is 9.59 Å². The van der Waals surface area contributed by atoms with Crippen LogP contribution in [-0.4, -0.2) is 41.1 Å². The van der Waals surface area contributed by atoms with E-state index in [2.05, 4.69) is 0 Å². The smallest absolute Gasteiger partial charge is 0.389 e. The monoisotopic (exact) mass is 253 g/mol. The molecule has 1 N–H and O–H groups in total. The Morgan fingerprint density at radius 1 is 1.35 bits per heavy atom. The maximum absolute atomic E-state index is 12.2. The third kappa shape index (κ3) is 4.24. The van der Waals surface area contributed by atoms with Crippen molar-refractivity contribution in [1.82, 2.24) is 4.90 Å². The lowest BCUT2D eigenvalue weighted by atomic mass is 9.87. The Labute approximate surface area is 96.4 Å². The van der Waals surface area contributed by atoms with E-state index in [1.807, 2.05) is 0 Å². The largest absolute Gasteiger partial charge is 0.481 e. The van der Waals surface area contributed by atoms with Gasteiger partial charge in [-0.2, -0.15) is 13.2 Å². The third-order valence-corrected chi connectivity index (χ3v) is 2.85. The molecule has 98 valence electrons. The van der Waals surface area contributed by atoms with Crippen LogP contribution in [0.5, 0.6) is 0 Å². The fourth-order valence-corrected chi connectivity index (χ4v) is 2.11. The molecule has 4 nitrogen and oxygen atoms in total. The van der Waals surface area contributed by atoms with E-state index in [0.29, 0.717) is 0 Å². The van der Waals surface area contributed by atoms with Gasteiger partial charge in [0, 0.05) is 26.4 Å². The van der Waals surface area contributed by atoms with Crippen LogP contribution in [0.25, 0.3) is 0 Å². The van der Waals surface area contributed by atoms with Gasteiger partial charge in [-0.1, -0.05) is 0 Å². The summed E-state index contributed by atoms with van der Waals surface area (Å²) in [5.74, 6) is -3.26. The number of carbonyl (C=O) groups is 2. The number of carboxylic acid groups (broad SMARTS) is 1. The molecule has 1 aliphatic rings. The number of hydrogen-bond acceptors (Lipinski definition) is 2. The molecule has 1 saturated heterocycles. The molecule has 17 heavy (non-hydrogen) atoms. The standard InChI is InChI=1S/C10H14F3NO3/c1-6(15)14-4-7(3-10(11,12)13)2-8(5-14)9(16)17/h7-8H,2-5H2,1H3,(H,16,17). The van der Waals surface area contributed by atoms with E-state index >= 15 is 0 Å². The zero-order valence-corrected chi connectivity index (χ0v) is 9.33. The number of halogens is 3. The SMILES string of the molecule is CC(=O)N1CC(CC(F)(F)F)CC(C(=O)O)C1. The van der Waals surface area contributed by atoms with Gasteiger partial charge < -0.3 is 10.0 Å². The van der Waals surface area contributed by atoms with E-state index in [-0.39, 0.29) is 25.4 Å². The van der Waals surface area contributed by atoms with Crippen LogP contribution in [0, 0.1) is 11.8 Å². The van der Waals surface area contributed by atoms with Gasteiger partial charge in [-0.15, -0.1) is 0 Å². The lowest BCUT2D eigenvalue weighted by Gasteiger charge is -2.35. The van der Waals surface area contributed by atoms with Crippen molar-refractivity contribution in [1.29, 1.82) is 0 Å². The van der Waals surface area contributed by atoms with Crippen molar-refractivity contribution < 1.29 is 27.9 Å². The minimum Gasteiger partial charge on any atom is -0.481 e. The first-order valence-electron chi connectivity index (χ1n) is 5.24. The topological polar surface area (TPSA) is 57.6 Å². The van der Waals surface area contributed by atoms with Crippen LogP contribution in [0.15, 0.2) is 0 Å². The van der Waals surface area contributed by atoms with Gasteiger partial charge in [0.1, 0.15) is 0 Å². The quantitative estimate of drug-likeness (QED) is 0.811. The zero-order valence-electron chi connectivity index (χ0n) is 9.33. The minimum absolute atomic E-state index is 0.000968. The molecule has 2 atom stereocenters. The summed E-state index contributed by atoms with van der Waals surface area (Å²) in [5, 5.41) is 8.83. The highest BCUT2D eigenvalue weighted by atomic mass is 19.4. The van der Waals surface area contributed by atoms with Gasteiger partial charge in [0.2, 0.25) is 5.91 Å². The number of aliphatic carboxylic acids is 1. The molecule has 0 aromatic heterocycles. The first kappa shape index (κ1) is 13.8. The van der Waals surface area contributed by atoms with E-state index in [4.69, 9.17) is 5.11 Å². The second-order valence-corrected chi connectivity index (χ2v) is 4.38. The van der Waals surface area contributed by atoms with Gasteiger partial charge in [0.05, 0.1) is 5.92 Å². The molecule has 2 unspecified atom stereocenters. The predicted molar refractivity (Wildman–Crippen MR) is 52.2 cm³/mol. The Morgan fingerprint density at radius 3 is 2.35 bits per heavy atom. The van der Waals surface area contributed by atoms with Gasteiger partial charge in [0.15, 0.2) is 0 Å². The molecule has 0 bridgehead atoms. The van der Waals surface area contributed by atoms with Crippen LogP contribution in [0.2, 0.25) is 0 Å². The Bertz CT molecular complexity index is 294. The molecule has 1 fully saturated rings. The molecule has 7 heteroatoms. The van der Waals surface area contributed by atoms with Crippen molar-refractivity contribution in [2.45, 2.75) is 25.9 Å². The highest BCUT2D eigenvalue weighted by Crippen LogP contribution is 2.32. The van der Waals surface area contributed by atoms with Gasteiger partial charge in [-0.05, 0) is 12.3 Å². The molecule has 1 amide bonds. The predicted octanol–water partition coefficient (Wildman–Crippen LogP) is 1.51. The van der Waals surface area contributed by atoms with Crippen LogP contribution in [0.1, 0.15) is 19.8 Å². The average Bonchev–Trinajstić information content (AvgIpc) is 2.14. The number of hydrogen-bond donors (Lipinski definition) is 1. The summed E-state index contributed by atoms with van der Waals surface area (Å²) in [6.45, 7) is 1.21. The number of nitrogens with zero attached hydrogens (tertiary/aromatic N) is 1. The Hall–Kier alpha value is -1.27. The van der Waals surface area contributed by atoms with Crippen molar-refractivity contribution >= 4 is 11.9 Å². The van der Waals surface area contributed by atoms with Crippen LogP contribution in [0.4, 0.5) is 13.2 Å². The zero-order chi connectivity index (χ0) is 13.2. The normalized spacial score (nSPS) is 25.8. The Morgan fingerprint density at radius 2 is 1.94 bits per heavy atom. The molecule has 1 aliphatic heterocycles. The summed E-state index contributed by atoms with van der Waals surface area (Å²) < 4.78 is 36.7. The Kier molecular flexibility index (Phi) is 4.00. The molecule has 1 heterocycles. The molecule has 0 aliphatic carbocycles. The summed E-state index contributed by atoms with van der Waals surface area (Å²) in [6, 6.07) is 0. The maximum Gasteiger partial charge on any atom is 0.389 e. The van der Waals surface area contributed by atoms with Crippen molar-refractivity contribution in [3.63, 3.8) is 0 Å². The molecule has 0 saturated carbocycles. The summed E-state index contributed by atoms with van der Waals surface area (Å²) in [6.07, 6.45) is -5.40.